The molecule has 1 unspecified atom stereocenters. The number of rotatable bonds is 7. The van der Waals surface area contributed by atoms with Gasteiger partial charge in [-0.2, -0.15) is 0 Å². The summed E-state index contributed by atoms with van der Waals surface area (Å²) in [6.45, 7) is 1.69. The lowest BCUT2D eigenvalue weighted by Crippen LogP contribution is -2.22. The minimum absolute atomic E-state index is 0.373. The average molecular weight is 219 g/mol. The summed E-state index contributed by atoms with van der Waals surface area (Å²) in [5, 5.41) is 13.2. The number of nitrogens with one attached hydrogen (secondary N) is 1. The molecule has 0 aromatic heterocycles. The molecule has 0 spiro atoms. The average Bonchev–Trinajstić information content (AvgIpc) is 3.13. The Morgan fingerprint density at radius 1 is 1.25 bits per heavy atom. The predicted molar refractivity (Wildman–Crippen MR) is 66.2 cm³/mol. The molecule has 1 fully saturated rings. The molecular weight excluding hydrogens is 198 g/mol. The van der Waals surface area contributed by atoms with Crippen LogP contribution in [0.25, 0.3) is 0 Å². The van der Waals surface area contributed by atoms with Gasteiger partial charge in [-0.15, -0.1) is 0 Å². The van der Waals surface area contributed by atoms with Crippen molar-refractivity contribution in [2.75, 3.05) is 13.1 Å². The Labute approximate surface area is 97.7 Å². The summed E-state index contributed by atoms with van der Waals surface area (Å²) in [7, 11) is 0. The number of aliphatic hydroxyl groups is 1. The Balaban J connectivity index is 1.58. The predicted octanol–water partition coefficient (Wildman–Crippen LogP) is 2.50. The monoisotopic (exact) mass is 219 g/mol. The number of hydrogen-bond donors (Lipinski definition) is 2. The second-order valence-electron chi connectivity index (χ2n) is 4.72. The standard InChI is InChI=1S/C14H21NO/c16-14(13-6-2-1-3-7-13)11-15-10-4-5-12-8-9-12/h1-3,6-7,12,14-16H,4-5,8-11H2. The summed E-state index contributed by atoms with van der Waals surface area (Å²) in [5.41, 5.74) is 0.997. The molecule has 2 heteroatoms. The van der Waals surface area contributed by atoms with Gasteiger partial charge in [-0.05, 0) is 30.9 Å². The van der Waals surface area contributed by atoms with Crippen LogP contribution in [-0.2, 0) is 0 Å². The molecule has 0 saturated heterocycles. The molecule has 2 N–H and O–H groups in total. The minimum atomic E-state index is -0.373. The Morgan fingerprint density at radius 3 is 2.69 bits per heavy atom. The molecule has 1 aliphatic rings. The van der Waals surface area contributed by atoms with Crippen LogP contribution in [0, 0.1) is 5.92 Å². The maximum Gasteiger partial charge on any atom is 0.0914 e. The first-order valence-electron chi connectivity index (χ1n) is 6.30. The lowest BCUT2D eigenvalue weighted by atomic mass is 10.1. The quantitative estimate of drug-likeness (QED) is 0.691. The van der Waals surface area contributed by atoms with Crippen molar-refractivity contribution < 1.29 is 5.11 Å². The first kappa shape index (κ1) is 11.6. The van der Waals surface area contributed by atoms with Gasteiger partial charge in [0.15, 0.2) is 0 Å². The van der Waals surface area contributed by atoms with Gasteiger partial charge in [-0.3, -0.25) is 0 Å². The van der Waals surface area contributed by atoms with E-state index < -0.39 is 0 Å². The Kier molecular flexibility index (Phi) is 4.37. The van der Waals surface area contributed by atoms with E-state index in [1.54, 1.807) is 0 Å². The van der Waals surface area contributed by atoms with Crippen molar-refractivity contribution in [1.29, 1.82) is 0 Å². The second kappa shape index (κ2) is 6.02. The molecule has 1 atom stereocenters. The molecule has 0 bridgehead atoms. The fraction of sp³-hybridized carbons (Fsp3) is 0.571. The highest BCUT2D eigenvalue weighted by atomic mass is 16.3. The maximum absolute atomic E-state index is 9.88. The molecule has 16 heavy (non-hydrogen) atoms. The SMILES string of the molecule is OC(CNCCCC1CC1)c1ccccc1. The van der Waals surface area contributed by atoms with E-state index in [0.717, 1.165) is 18.0 Å². The minimum Gasteiger partial charge on any atom is -0.387 e. The zero-order chi connectivity index (χ0) is 11.2. The molecule has 0 heterocycles. The molecule has 2 nitrogen and oxygen atoms in total. The molecule has 2 rings (SSSR count). The molecule has 0 aliphatic heterocycles. The zero-order valence-electron chi connectivity index (χ0n) is 9.73. The Hall–Kier alpha value is -0.860. The lowest BCUT2D eigenvalue weighted by molar-refractivity contribution is 0.174. The molecule has 1 aromatic rings. The van der Waals surface area contributed by atoms with Crippen LogP contribution in [0.5, 0.6) is 0 Å². The van der Waals surface area contributed by atoms with Crippen LogP contribution in [0.3, 0.4) is 0 Å². The van der Waals surface area contributed by atoms with E-state index in [1.165, 1.54) is 25.7 Å². The summed E-state index contributed by atoms with van der Waals surface area (Å²) in [6, 6.07) is 9.84. The molecule has 88 valence electrons. The van der Waals surface area contributed by atoms with E-state index in [-0.39, 0.29) is 6.10 Å². The van der Waals surface area contributed by atoms with Crippen LogP contribution in [0.2, 0.25) is 0 Å². The highest BCUT2D eigenvalue weighted by Crippen LogP contribution is 2.33. The molecule has 0 amide bonds. The van der Waals surface area contributed by atoms with Gasteiger partial charge in [0.1, 0.15) is 0 Å². The van der Waals surface area contributed by atoms with Crippen LogP contribution in [0.1, 0.15) is 37.4 Å². The van der Waals surface area contributed by atoms with Gasteiger partial charge in [0, 0.05) is 6.54 Å². The van der Waals surface area contributed by atoms with E-state index >= 15 is 0 Å². The topological polar surface area (TPSA) is 32.3 Å². The van der Waals surface area contributed by atoms with Gasteiger partial charge in [0.05, 0.1) is 6.10 Å². The third kappa shape index (κ3) is 3.95. The van der Waals surface area contributed by atoms with Crippen LogP contribution in [0.15, 0.2) is 30.3 Å². The van der Waals surface area contributed by atoms with Crippen LogP contribution < -0.4 is 5.32 Å². The maximum atomic E-state index is 9.88. The van der Waals surface area contributed by atoms with Crippen LogP contribution >= 0.6 is 0 Å². The van der Waals surface area contributed by atoms with Crippen molar-refractivity contribution in [2.24, 2.45) is 5.92 Å². The normalized spacial score (nSPS) is 17.3. The molecule has 1 saturated carbocycles. The van der Waals surface area contributed by atoms with Gasteiger partial charge in [-0.1, -0.05) is 43.2 Å². The van der Waals surface area contributed by atoms with E-state index in [2.05, 4.69) is 5.32 Å². The first-order valence-corrected chi connectivity index (χ1v) is 6.30. The van der Waals surface area contributed by atoms with E-state index in [1.807, 2.05) is 30.3 Å². The van der Waals surface area contributed by atoms with Gasteiger partial charge < -0.3 is 10.4 Å². The van der Waals surface area contributed by atoms with Crippen molar-refractivity contribution in [3.05, 3.63) is 35.9 Å². The first-order chi connectivity index (χ1) is 7.86. The van der Waals surface area contributed by atoms with Crippen molar-refractivity contribution in [3.63, 3.8) is 0 Å². The van der Waals surface area contributed by atoms with E-state index in [9.17, 15) is 5.11 Å². The second-order valence-corrected chi connectivity index (χ2v) is 4.72. The number of hydrogen-bond acceptors (Lipinski definition) is 2. The summed E-state index contributed by atoms with van der Waals surface area (Å²) in [6.07, 6.45) is 5.10. The highest BCUT2D eigenvalue weighted by molar-refractivity contribution is 5.17. The van der Waals surface area contributed by atoms with E-state index in [4.69, 9.17) is 0 Å². The molecule has 0 radical (unpaired) electrons. The largest absolute Gasteiger partial charge is 0.387 e. The number of benzene rings is 1. The lowest BCUT2D eigenvalue weighted by Gasteiger charge is -2.11. The third-order valence-corrected chi connectivity index (χ3v) is 3.18. The van der Waals surface area contributed by atoms with Gasteiger partial charge in [0.2, 0.25) is 0 Å². The molecule has 1 aromatic carbocycles. The summed E-state index contributed by atoms with van der Waals surface area (Å²) < 4.78 is 0. The highest BCUT2D eigenvalue weighted by Gasteiger charge is 2.19. The zero-order valence-corrected chi connectivity index (χ0v) is 9.73. The van der Waals surface area contributed by atoms with Crippen LogP contribution in [0.4, 0.5) is 0 Å². The van der Waals surface area contributed by atoms with Crippen molar-refractivity contribution in [1.82, 2.24) is 5.32 Å². The summed E-state index contributed by atoms with van der Waals surface area (Å²) in [4.78, 5) is 0. The molecule has 1 aliphatic carbocycles. The smallest absolute Gasteiger partial charge is 0.0914 e. The van der Waals surface area contributed by atoms with Gasteiger partial charge in [-0.25, -0.2) is 0 Å². The fourth-order valence-corrected chi connectivity index (χ4v) is 1.95. The van der Waals surface area contributed by atoms with Crippen molar-refractivity contribution >= 4 is 0 Å². The third-order valence-electron chi connectivity index (χ3n) is 3.18. The Bertz CT molecular complexity index is 295. The van der Waals surface area contributed by atoms with Crippen molar-refractivity contribution in [2.45, 2.75) is 31.8 Å². The van der Waals surface area contributed by atoms with E-state index in [0.29, 0.717) is 6.54 Å². The van der Waals surface area contributed by atoms with Crippen LogP contribution in [-0.4, -0.2) is 18.2 Å². The molecular formula is C14H21NO. The Morgan fingerprint density at radius 2 is 2.00 bits per heavy atom. The number of aliphatic hydroxyl groups excluding tert-OH is 1. The van der Waals surface area contributed by atoms with Crippen molar-refractivity contribution in [3.8, 4) is 0 Å². The van der Waals surface area contributed by atoms with Gasteiger partial charge >= 0.3 is 0 Å². The summed E-state index contributed by atoms with van der Waals surface area (Å²) >= 11 is 0. The van der Waals surface area contributed by atoms with Gasteiger partial charge in [0.25, 0.3) is 0 Å². The summed E-state index contributed by atoms with van der Waals surface area (Å²) in [5.74, 6) is 1.01. The fourth-order valence-electron chi connectivity index (χ4n) is 1.95.